The fourth-order valence-electron chi connectivity index (χ4n) is 1.85. The Balaban J connectivity index is 2.20. The molecule has 0 heterocycles. The van der Waals surface area contributed by atoms with Gasteiger partial charge in [0.05, 0.1) is 18.1 Å². The lowest BCUT2D eigenvalue weighted by Crippen LogP contribution is -1.99. The number of nitriles is 1. The van der Waals surface area contributed by atoms with Crippen LogP contribution in [-0.2, 0) is 11.2 Å². The molecule has 4 nitrogen and oxygen atoms in total. The highest BCUT2D eigenvalue weighted by Gasteiger charge is 2.04. The molecule has 0 aliphatic carbocycles. The average molecular weight is 267 g/mol. The van der Waals surface area contributed by atoms with E-state index in [9.17, 15) is 4.79 Å². The topological polar surface area (TPSA) is 70.3 Å². The first-order chi connectivity index (χ1) is 9.58. The van der Waals surface area contributed by atoms with Crippen LogP contribution in [0.4, 0.5) is 0 Å². The predicted molar refractivity (Wildman–Crippen MR) is 73.7 cm³/mol. The molecule has 0 atom stereocenters. The van der Waals surface area contributed by atoms with Gasteiger partial charge in [0.15, 0.2) is 0 Å². The number of ether oxygens (including phenoxy) is 1. The van der Waals surface area contributed by atoms with E-state index in [2.05, 4.69) is 6.07 Å². The van der Waals surface area contributed by atoms with Gasteiger partial charge in [-0.05, 0) is 48.4 Å². The van der Waals surface area contributed by atoms with Crippen LogP contribution in [0.15, 0.2) is 42.5 Å². The van der Waals surface area contributed by atoms with Crippen molar-refractivity contribution in [2.45, 2.75) is 13.3 Å². The number of benzene rings is 2. The summed E-state index contributed by atoms with van der Waals surface area (Å²) in [5.74, 6) is 0.318. The van der Waals surface area contributed by atoms with Gasteiger partial charge in [0.1, 0.15) is 11.5 Å². The first-order valence-corrected chi connectivity index (χ1v) is 6.08. The zero-order chi connectivity index (χ0) is 14.5. The van der Waals surface area contributed by atoms with Crippen molar-refractivity contribution in [1.82, 2.24) is 0 Å². The van der Waals surface area contributed by atoms with Crippen LogP contribution in [0, 0.1) is 18.3 Å². The van der Waals surface area contributed by atoms with Crippen LogP contribution in [0.5, 0.6) is 11.5 Å². The molecule has 0 saturated carbocycles. The van der Waals surface area contributed by atoms with Crippen molar-refractivity contribution in [3.8, 4) is 17.6 Å². The summed E-state index contributed by atoms with van der Waals surface area (Å²) in [7, 11) is 0. The van der Waals surface area contributed by atoms with Crippen LogP contribution in [0.2, 0.25) is 0 Å². The highest BCUT2D eigenvalue weighted by molar-refractivity contribution is 5.70. The SMILES string of the molecule is Cc1cc(Oc2cccc(CC(=O)O)c2)ccc1C#N. The van der Waals surface area contributed by atoms with E-state index >= 15 is 0 Å². The molecule has 0 aromatic heterocycles. The number of aliphatic carboxylic acids is 1. The second kappa shape index (κ2) is 5.89. The average Bonchev–Trinajstić information content (AvgIpc) is 2.38. The van der Waals surface area contributed by atoms with Gasteiger partial charge in [0.25, 0.3) is 0 Å². The third kappa shape index (κ3) is 3.36. The maximum absolute atomic E-state index is 10.7. The molecule has 1 N–H and O–H groups in total. The minimum absolute atomic E-state index is 0.0381. The Hall–Kier alpha value is -2.80. The number of carboxylic acid groups (broad SMARTS) is 1. The maximum Gasteiger partial charge on any atom is 0.307 e. The van der Waals surface area contributed by atoms with Crippen molar-refractivity contribution < 1.29 is 14.6 Å². The Kier molecular flexibility index (Phi) is 4.02. The molecule has 4 heteroatoms. The molecule has 2 aromatic rings. The summed E-state index contributed by atoms with van der Waals surface area (Å²) >= 11 is 0. The van der Waals surface area contributed by atoms with Crippen LogP contribution in [0.25, 0.3) is 0 Å². The van der Waals surface area contributed by atoms with E-state index in [-0.39, 0.29) is 6.42 Å². The summed E-state index contributed by atoms with van der Waals surface area (Å²) in [5, 5.41) is 17.6. The lowest BCUT2D eigenvalue weighted by atomic mass is 10.1. The zero-order valence-electron chi connectivity index (χ0n) is 11.0. The van der Waals surface area contributed by atoms with Gasteiger partial charge in [0.2, 0.25) is 0 Å². The molecular formula is C16H13NO3. The molecule has 0 aliphatic rings. The van der Waals surface area contributed by atoms with Crippen molar-refractivity contribution in [2.24, 2.45) is 0 Å². The molecule has 0 radical (unpaired) electrons. The fraction of sp³-hybridized carbons (Fsp3) is 0.125. The summed E-state index contributed by atoms with van der Waals surface area (Å²) in [6.07, 6.45) is -0.0381. The third-order valence-corrected chi connectivity index (χ3v) is 2.81. The standard InChI is InChI=1S/C16H13NO3/c1-11-7-15(6-5-13(11)10-17)20-14-4-2-3-12(8-14)9-16(18)19/h2-8H,9H2,1H3,(H,18,19). The first kappa shape index (κ1) is 13.6. The van der Waals surface area contributed by atoms with Crippen LogP contribution >= 0.6 is 0 Å². The Morgan fingerprint density at radius 1 is 1.25 bits per heavy atom. The van der Waals surface area contributed by atoms with Crippen LogP contribution < -0.4 is 4.74 Å². The highest BCUT2D eigenvalue weighted by Crippen LogP contribution is 2.24. The lowest BCUT2D eigenvalue weighted by Gasteiger charge is -2.08. The zero-order valence-corrected chi connectivity index (χ0v) is 11.0. The van der Waals surface area contributed by atoms with Gasteiger partial charge >= 0.3 is 5.97 Å². The predicted octanol–water partition coefficient (Wildman–Crippen LogP) is 3.29. The van der Waals surface area contributed by atoms with Crippen molar-refractivity contribution in [2.75, 3.05) is 0 Å². The molecule has 0 spiro atoms. The molecule has 0 aliphatic heterocycles. The number of aryl methyl sites for hydroxylation is 1. The van der Waals surface area contributed by atoms with E-state index in [1.165, 1.54) is 0 Å². The highest BCUT2D eigenvalue weighted by atomic mass is 16.5. The molecule has 2 rings (SSSR count). The third-order valence-electron chi connectivity index (χ3n) is 2.81. The Morgan fingerprint density at radius 2 is 2.00 bits per heavy atom. The van der Waals surface area contributed by atoms with E-state index in [0.717, 1.165) is 5.56 Å². The van der Waals surface area contributed by atoms with Gasteiger partial charge in [-0.15, -0.1) is 0 Å². The molecule has 100 valence electrons. The van der Waals surface area contributed by atoms with E-state index in [4.69, 9.17) is 15.1 Å². The summed E-state index contributed by atoms with van der Waals surface area (Å²) in [6, 6.07) is 14.2. The summed E-state index contributed by atoms with van der Waals surface area (Å²) in [6.45, 7) is 1.84. The molecular weight excluding hydrogens is 254 g/mol. The van der Waals surface area contributed by atoms with Gasteiger partial charge in [-0.1, -0.05) is 12.1 Å². The van der Waals surface area contributed by atoms with Crippen molar-refractivity contribution >= 4 is 5.97 Å². The molecule has 0 amide bonds. The fourth-order valence-corrected chi connectivity index (χ4v) is 1.85. The first-order valence-electron chi connectivity index (χ1n) is 6.08. The minimum Gasteiger partial charge on any atom is -0.481 e. The largest absolute Gasteiger partial charge is 0.481 e. The van der Waals surface area contributed by atoms with Crippen LogP contribution in [-0.4, -0.2) is 11.1 Å². The van der Waals surface area contributed by atoms with Gasteiger partial charge in [0, 0.05) is 0 Å². The molecule has 0 unspecified atom stereocenters. The molecule has 0 fully saturated rings. The van der Waals surface area contributed by atoms with Crippen LogP contribution in [0.1, 0.15) is 16.7 Å². The minimum atomic E-state index is -0.878. The molecule has 2 aromatic carbocycles. The number of nitrogens with zero attached hydrogens (tertiary/aromatic N) is 1. The van der Waals surface area contributed by atoms with Gasteiger partial charge in [-0.2, -0.15) is 5.26 Å². The van der Waals surface area contributed by atoms with Crippen molar-refractivity contribution in [3.05, 3.63) is 59.2 Å². The second-order valence-electron chi connectivity index (χ2n) is 4.41. The molecule has 20 heavy (non-hydrogen) atoms. The van der Waals surface area contributed by atoms with Crippen LogP contribution in [0.3, 0.4) is 0 Å². The van der Waals surface area contributed by atoms with Crippen molar-refractivity contribution in [1.29, 1.82) is 5.26 Å². The lowest BCUT2D eigenvalue weighted by molar-refractivity contribution is -0.136. The van der Waals surface area contributed by atoms with Gasteiger partial charge in [-0.25, -0.2) is 0 Å². The van der Waals surface area contributed by atoms with E-state index < -0.39 is 5.97 Å². The summed E-state index contributed by atoms with van der Waals surface area (Å²) in [5.41, 5.74) is 2.13. The quantitative estimate of drug-likeness (QED) is 0.922. The number of carbonyl (C=O) groups is 1. The number of carboxylic acids is 1. The smallest absolute Gasteiger partial charge is 0.307 e. The van der Waals surface area contributed by atoms with Crippen molar-refractivity contribution in [3.63, 3.8) is 0 Å². The number of hydrogen-bond donors (Lipinski definition) is 1. The Bertz CT molecular complexity index is 686. The van der Waals surface area contributed by atoms with Gasteiger partial charge < -0.3 is 9.84 Å². The monoisotopic (exact) mass is 267 g/mol. The Labute approximate surface area is 116 Å². The summed E-state index contributed by atoms with van der Waals surface area (Å²) < 4.78 is 5.68. The summed E-state index contributed by atoms with van der Waals surface area (Å²) in [4.78, 5) is 10.7. The van der Waals surface area contributed by atoms with E-state index in [1.807, 2.05) is 6.92 Å². The molecule has 0 saturated heterocycles. The second-order valence-corrected chi connectivity index (χ2v) is 4.41. The van der Waals surface area contributed by atoms with E-state index in [0.29, 0.717) is 22.6 Å². The molecule has 0 bridgehead atoms. The van der Waals surface area contributed by atoms with Gasteiger partial charge in [-0.3, -0.25) is 4.79 Å². The Morgan fingerprint density at radius 3 is 2.65 bits per heavy atom. The maximum atomic E-state index is 10.7. The number of hydrogen-bond acceptors (Lipinski definition) is 3. The van der Waals surface area contributed by atoms with E-state index in [1.54, 1.807) is 42.5 Å². The normalized spacial score (nSPS) is 9.80. The number of rotatable bonds is 4.